The highest BCUT2D eigenvalue weighted by atomic mass is 16.4. The Hall–Kier alpha value is -2.63. The minimum absolute atomic E-state index is 0.245. The SMILES string of the molecule is O=C(O)C1(C(=O)NCc2ccc3cncn3c2)CC=CC1. The predicted octanol–water partition coefficient (Wildman–Crippen LogP) is 1.37. The molecule has 0 aromatic carbocycles. The second kappa shape index (κ2) is 5.05. The number of pyridine rings is 1. The number of fused-ring (bicyclic) bond motifs is 1. The second-order valence-electron chi connectivity index (χ2n) is 5.21. The lowest BCUT2D eigenvalue weighted by Crippen LogP contribution is -2.44. The molecule has 2 N–H and O–H groups in total. The van der Waals surface area contributed by atoms with Gasteiger partial charge in [-0.2, -0.15) is 0 Å². The monoisotopic (exact) mass is 285 g/mol. The first kappa shape index (κ1) is 13.4. The quantitative estimate of drug-likeness (QED) is 0.656. The van der Waals surface area contributed by atoms with Gasteiger partial charge in [-0.05, 0) is 24.5 Å². The third-order valence-corrected chi connectivity index (χ3v) is 3.87. The molecule has 0 saturated carbocycles. The van der Waals surface area contributed by atoms with Crippen LogP contribution < -0.4 is 5.32 Å². The number of hydrogen-bond donors (Lipinski definition) is 2. The van der Waals surface area contributed by atoms with Crippen LogP contribution in [0.15, 0.2) is 43.0 Å². The molecule has 2 heterocycles. The molecule has 0 bridgehead atoms. The van der Waals surface area contributed by atoms with Gasteiger partial charge in [-0.1, -0.05) is 18.2 Å². The van der Waals surface area contributed by atoms with Crippen LogP contribution >= 0.6 is 0 Å². The van der Waals surface area contributed by atoms with E-state index in [0.717, 1.165) is 11.1 Å². The first-order valence-electron chi connectivity index (χ1n) is 6.69. The Bertz CT molecular complexity index is 725. The van der Waals surface area contributed by atoms with Crippen molar-refractivity contribution in [3.8, 4) is 0 Å². The Labute approximate surface area is 121 Å². The molecule has 6 nitrogen and oxygen atoms in total. The van der Waals surface area contributed by atoms with Crippen LogP contribution in [0.1, 0.15) is 18.4 Å². The number of aliphatic carboxylic acids is 1. The summed E-state index contributed by atoms with van der Waals surface area (Å²) >= 11 is 0. The molecular weight excluding hydrogens is 270 g/mol. The minimum Gasteiger partial charge on any atom is -0.480 e. The van der Waals surface area contributed by atoms with Crippen LogP contribution in [0.5, 0.6) is 0 Å². The molecule has 0 spiro atoms. The summed E-state index contributed by atoms with van der Waals surface area (Å²) in [5, 5.41) is 12.1. The van der Waals surface area contributed by atoms with E-state index in [-0.39, 0.29) is 12.8 Å². The molecule has 3 rings (SSSR count). The molecule has 1 aliphatic rings. The van der Waals surface area contributed by atoms with E-state index in [4.69, 9.17) is 0 Å². The van der Waals surface area contributed by atoms with Crippen molar-refractivity contribution in [1.82, 2.24) is 14.7 Å². The van der Waals surface area contributed by atoms with Gasteiger partial charge in [0.05, 0.1) is 18.0 Å². The van der Waals surface area contributed by atoms with E-state index in [0.29, 0.717) is 6.54 Å². The van der Waals surface area contributed by atoms with Crippen molar-refractivity contribution in [2.24, 2.45) is 5.41 Å². The lowest BCUT2D eigenvalue weighted by molar-refractivity contribution is -0.155. The number of carboxylic acid groups (broad SMARTS) is 1. The van der Waals surface area contributed by atoms with E-state index in [9.17, 15) is 14.7 Å². The fraction of sp³-hybridized carbons (Fsp3) is 0.267. The maximum absolute atomic E-state index is 12.2. The summed E-state index contributed by atoms with van der Waals surface area (Å²) in [5.41, 5.74) is 0.506. The maximum atomic E-state index is 12.2. The minimum atomic E-state index is -1.35. The Balaban J connectivity index is 1.71. The fourth-order valence-electron chi connectivity index (χ4n) is 2.53. The Morgan fingerprint density at radius 3 is 2.81 bits per heavy atom. The van der Waals surface area contributed by atoms with Gasteiger partial charge in [0.15, 0.2) is 5.41 Å². The number of rotatable bonds is 4. The number of nitrogens with zero attached hydrogens (tertiary/aromatic N) is 2. The number of amides is 1. The highest BCUT2D eigenvalue weighted by Gasteiger charge is 2.46. The zero-order valence-electron chi connectivity index (χ0n) is 11.3. The highest BCUT2D eigenvalue weighted by Crippen LogP contribution is 2.33. The van der Waals surface area contributed by atoms with Crippen molar-refractivity contribution >= 4 is 17.4 Å². The molecule has 2 aromatic heterocycles. The first-order chi connectivity index (χ1) is 10.1. The molecular formula is C15H15N3O3. The van der Waals surface area contributed by atoms with Crippen LogP contribution in [-0.2, 0) is 16.1 Å². The van der Waals surface area contributed by atoms with Gasteiger partial charge in [0, 0.05) is 12.7 Å². The van der Waals surface area contributed by atoms with Crippen LogP contribution in [0.25, 0.3) is 5.52 Å². The number of imidazole rings is 1. The normalized spacial score (nSPS) is 16.2. The number of hydrogen-bond acceptors (Lipinski definition) is 3. The van der Waals surface area contributed by atoms with Crippen molar-refractivity contribution in [2.45, 2.75) is 19.4 Å². The summed E-state index contributed by atoms with van der Waals surface area (Å²) in [6, 6.07) is 3.79. The second-order valence-corrected chi connectivity index (χ2v) is 5.21. The molecule has 108 valence electrons. The summed E-state index contributed by atoms with van der Waals surface area (Å²) in [4.78, 5) is 27.7. The topological polar surface area (TPSA) is 83.7 Å². The van der Waals surface area contributed by atoms with Crippen LogP contribution in [0.2, 0.25) is 0 Å². The molecule has 21 heavy (non-hydrogen) atoms. The molecule has 1 amide bonds. The van der Waals surface area contributed by atoms with E-state index in [1.54, 1.807) is 24.7 Å². The summed E-state index contributed by atoms with van der Waals surface area (Å²) in [6.07, 6.45) is 9.26. The van der Waals surface area contributed by atoms with E-state index in [1.807, 2.05) is 22.7 Å². The summed E-state index contributed by atoms with van der Waals surface area (Å²) in [5.74, 6) is -1.51. The third-order valence-electron chi connectivity index (χ3n) is 3.87. The molecule has 2 aromatic rings. The Morgan fingerprint density at radius 1 is 1.33 bits per heavy atom. The van der Waals surface area contributed by atoms with E-state index < -0.39 is 17.3 Å². The van der Waals surface area contributed by atoms with Gasteiger partial charge in [-0.15, -0.1) is 0 Å². The van der Waals surface area contributed by atoms with Crippen molar-refractivity contribution in [2.75, 3.05) is 0 Å². The highest BCUT2D eigenvalue weighted by molar-refractivity contribution is 6.02. The number of carboxylic acids is 1. The van der Waals surface area contributed by atoms with E-state index in [2.05, 4.69) is 10.3 Å². The van der Waals surface area contributed by atoms with E-state index in [1.165, 1.54) is 0 Å². The maximum Gasteiger partial charge on any atom is 0.319 e. The third kappa shape index (κ3) is 2.29. The van der Waals surface area contributed by atoms with Gasteiger partial charge >= 0.3 is 5.97 Å². The lowest BCUT2D eigenvalue weighted by atomic mass is 9.84. The Kier molecular flexibility index (Phi) is 3.21. The largest absolute Gasteiger partial charge is 0.480 e. The number of carbonyl (C=O) groups excluding carboxylic acids is 1. The first-order valence-corrected chi connectivity index (χ1v) is 6.69. The van der Waals surface area contributed by atoms with Gasteiger partial charge in [0.1, 0.15) is 0 Å². The van der Waals surface area contributed by atoms with Gasteiger partial charge in [0.2, 0.25) is 5.91 Å². The van der Waals surface area contributed by atoms with Gasteiger partial charge < -0.3 is 14.8 Å². The summed E-state index contributed by atoms with van der Waals surface area (Å²) < 4.78 is 1.85. The Morgan fingerprint density at radius 2 is 2.10 bits per heavy atom. The average molecular weight is 285 g/mol. The zero-order chi connectivity index (χ0) is 14.9. The van der Waals surface area contributed by atoms with Crippen molar-refractivity contribution in [3.05, 3.63) is 48.6 Å². The number of aromatic nitrogens is 2. The van der Waals surface area contributed by atoms with Crippen LogP contribution in [0.4, 0.5) is 0 Å². The number of nitrogens with one attached hydrogen (secondary N) is 1. The van der Waals surface area contributed by atoms with Crippen molar-refractivity contribution in [1.29, 1.82) is 0 Å². The number of carbonyl (C=O) groups is 2. The van der Waals surface area contributed by atoms with Crippen LogP contribution in [0, 0.1) is 5.41 Å². The number of allylic oxidation sites excluding steroid dienone is 2. The smallest absolute Gasteiger partial charge is 0.319 e. The molecule has 6 heteroatoms. The molecule has 0 saturated heterocycles. The fourth-order valence-corrected chi connectivity index (χ4v) is 2.53. The van der Waals surface area contributed by atoms with Gasteiger partial charge in [-0.3, -0.25) is 9.59 Å². The van der Waals surface area contributed by atoms with Crippen LogP contribution in [0.3, 0.4) is 0 Å². The van der Waals surface area contributed by atoms with Gasteiger partial charge in [-0.25, -0.2) is 4.98 Å². The molecule has 0 radical (unpaired) electrons. The van der Waals surface area contributed by atoms with Crippen molar-refractivity contribution < 1.29 is 14.7 Å². The predicted molar refractivity (Wildman–Crippen MR) is 75.5 cm³/mol. The van der Waals surface area contributed by atoms with Crippen molar-refractivity contribution in [3.63, 3.8) is 0 Å². The summed E-state index contributed by atoms with van der Waals surface area (Å²) in [6.45, 7) is 0.294. The lowest BCUT2D eigenvalue weighted by Gasteiger charge is -2.22. The molecule has 1 aliphatic carbocycles. The van der Waals surface area contributed by atoms with E-state index >= 15 is 0 Å². The van der Waals surface area contributed by atoms with Gasteiger partial charge in [0.25, 0.3) is 0 Å². The zero-order valence-corrected chi connectivity index (χ0v) is 11.3. The van der Waals surface area contributed by atoms with Crippen LogP contribution in [-0.4, -0.2) is 26.4 Å². The molecule has 0 aliphatic heterocycles. The molecule has 0 unspecified atom stereocenters. The molecule has 0 atom stereocenters. The average Bonchev–Trinajstić information content (AvgIpc) is 3.13. The molecule has 0 fully saturated rings. The standard InChI is InChI=1S/C15H15N3O3/c19-13(15(14(20)21)5-1-2-6-15)17-7-11-3-4-12-8-16-10-18(12)9-11/h1-4,8-10H,5-7H2,(H,17,19)(H,20,21). The summed E-state index contributed by atoms with van der Waals surface area (Å²) in [7, 11) is 0.